The molecule has 1 aliphatic heterocycles. The van der Waals surface area contributed by atoms with E-state index in [-0.39, 0.29) is 30.0 Å². The van der Waals surface area contributed by atoms with E-state index in [9.17, 15) is 14.7 Å². The summed E-state index contributed by atoms with van der Waals surface area (Å²) in [5.74, 6) is -0.151. The standard InChI is InChI=1S/C17H15NO7/c19-12(2-4-16(21)22)17-13(20)7-11(9-18-17)25-10-1-3-14-15(8-10)24-6-5-23-14/h1,3,7-9,20H,2,4-6H2,(H,21,22). The second-order valence-electron chi connectivity index (χ2n) is 5.26. The zero-order valence-corrected chi connectivity index (χ0v) is 13.1. The van der Waals surface area contributed by atoms with Crippen molar-refractivity contribution in [1.29, 1.82) is 0 Å². The summed E-state index contributed by atoms with van der Waals surface area (Å²) in [6.07, 6.45) is 0.720. The molecule has 0 amide bonds. The van der Waals surface area contributed by atoms with Crippen LogP contribution in [0.4, 0.5) is 0 Å². The third-order valence-electron chi connectivity index (χ3n) is 3.42. The number of carbonyl (C=O) groups is 2. The third-order valence-corrected chi connectivity index (χ3v) is 3.42. The fraction of sp³-hybridized carbons (Fsp3) is 0.235. The van der Waals surface area contributed by atoms with Crippen LogP contribution in [-0.4, -0.2) is 40.2 Å². The van der Waals surface area contributed by atoms with E-state index in [4.69, 9.17) is 19.3 Å². The van der Waals surface area contributed by atoms with E-state index in [0.29, 0.717) is 30.5 Å². The van der Waals surface area contributed by atoms with Crippen LogP contribution in [0.3, 0.4) is 0 Å². The molecule has 25 heavy (non-hydrogen) atoms. The monoisotopic (exact) mass is 345 g/mol. The number of carbonyl (C=O) groups excluding carboxylic acids is 1. The Balaban J connectivity index is 1.72. The summed E-state index contributed by atoms with van der Waals surface area (Å²) in [6, 6.07) is 6.28. The van der Waals surface area contributed by atoms with Crippen LogP contribution in [0.5, 0.6) is 28.7 Å². The number of Topliss-reactive ketones (excluding diaryl/α,β-unsaturated/α-hetero) is 1. The van der Waals surface area contributed by atoms with Gasteiger partial charge in [0.25, 0.3) is 0 Å². The van der Waals surface area contributed by atoms with Crippen molar-refractivity contribution in [2.45, 2.75) is 12.8 Å². The number of benzene rings is 1. The van der Waals surface area contributed by atoms with Crippen LogP contribution in [0.25, 0.3) is 0 Å². The summed E-state index contributed by atoms with van der Waals surface area (Å²) in [4.78, 5) is 26.2. The van der Waals surface area contributed by atoms with E-state index in [1.54, 1.807) is 18.2 Å². The lowest BCUT2D eigenvalue weighted by atomic mass is 10.1. The lowest BCUT2D eigenvalue weighted by Crippen LogP contribution is -2.15. The van der Waals surface area contributed by atoms with Crippen molar-refractivity contribution >= 4 is 11.8 Å². The summed E-state index contributed by atoms with van der Waals surface area (Å²) in [5.41, 5.74) is -0.184. The number of rotatable bonds is 6. The van der Waals surface area contributed by atoms with Gasteiger partial charge in [-0.2, -0.15) is 0 Å². The van der Waals surface area contributed by atoms with Gasteiger partial charge in [0.2, 0.25) is 0 Å². The van der Waals surface area contributed by atoms with Gasteiger partial charge in [-0.25, -0.2) is 4.98 Å². The number of hydrogen-bond acceptors (Lipinski definition) is 7. The predicted molar refractivity (Wildman–Crippen MR) is 84.6 cm³/mol. The first-order chi connectivity index (χ1) is 12.0. The molecule has 2 aromatic rings. The minimum atomic E-state index is -1.09. The number of aromatic nitrogens is 1. The number of ether oxygens (including phenoxy) is 3. The second kappa shape index (κ2) is 7.08. The first kappa shape index (κ1) is 16.6. The maximum Gasteiger partial charge on any atom is 0.303 e. The third kappa shape index (κ3) is 3.97. The van der Waals surface area contributed by atoms with Crippen LogP contribution in [-0.2, 0) is 4.79 Å². The number of fused-ring (bicyclic) bond motifs is 1. The molecule has 1 aromatic heterocycles. The molecule has 0 unspecified atom stereocenters. The first-order valence-electron chi connectivity index (χ1n) is 7.54. The van der Waals surface area contributed by atoms with Crippen LogP contribution in [0.1, 0.15) is 23.3 Å². The molecular formula is C17H15NO7. The van der Waals surface area contributed by atoms with E-state index in [2.05, 4.69) is 4.98 Å². The molecule has 1 aliphatic rings. The summed E-state index contributed by atoms with van der Waals surface area (Å²) in [5, 5.41) is 18.5. The Hall–Kier alpha value is -3.29. The van der Waals surface area contributed by atoms with Crippen LogP contribution in [0, 0.1) is 0 Å². The number of aromatic hydroxyl groups is 1. The molecule has 2 heterocycles. The number of pyridine rings is 1. The Labute approximate surface area is 142 Å². The average molecular weight is 345 g/mol. The molecule has 0 bridgehead atoms. The summed E-state index contributed by atoms with van der Waals surface area (Å²) >= 11 is 0. The number of nitrogens with zero attached hydrogens (tertiary/aromatic N) is 1. The van der Waals surface area contributed by atoms with E-state index in [0.717, 1.165) is 0 Å². The Morgan fingerprint density at radius 2 is 1.84 bits per heavy atom. The van der Waals surface area contributed by atoms with E-state index in [1.165, 1.54) is 12.3 Å². The van der Waals surface area contributed by atoms with Crippen LogP contribution in [0.15, 0.2) is 30.5 Å². The van der Waals surface area contributed by atoms with Crippen molar-refractivity contribution in [2.75, 3.05) is 13.2 Å². The highest BCUT2D eigenvalue weighted by Gasteiger charge is 2.16. The minimum absolute atomic E-state index is 0.184. The molecule has 8 heteroatoms. The van der Waals surface area contributed by atoms with Crippen LogP contribution >= 0.6 is 0 Å². The first-order valence-corrected chi connectivity index (χ1v) is 7.54. The Morgan fingerprint density at radius 1 is 1.08 bits per heavy atom. The molecule has 0 radical (unpaired) electrons. The molecule has 2 N–H and O–H groups in total. The van der Waals surface area contributed by atoms with Gasteiger partial charge < -0.3 is 24.4 Å². The lowest BCUT2D eigenvalue weighted by molar-refractivity contribution is -0.136. The van der Waals surface area contributed by atoms with E-state index < -0.39 is 11.8 Å². The lowest BCUT2D eigenvalue weighted by Gasteiger charge is -2.18. The van der Waals surface area contributed by atoms with Crippen molar-refractivity contribution in [2.24, 2.45) is 0 Å². The Bertz CT molecular complexity index is 819. The number of aliphatic carboxylic acids is 1. The van der Waals surface area contributed by atoms with Crippen molar-refractivity contribution in [1.82, 2.24) is 4.98 Å². The molecule has 0 aliphatic carbocycles. The van der Waals surface area contributed by atoms with Gasteiger partial charge >= 0.3 is 5.97 Å². The molecule has 1 aromatic carbocycles. The van der Waals surface area contributed by atoms with Gasteiger partial charge in [0, 0.05) is 18.6 Å². The number of carboxylic acids is 1. The van der Waals surface area contributed by atoms with Crippen molar-refractivity contribution in [3.05, 3.63) is 36.2 Å². The Kier molecular flexibility index (Phi) is 4.69. The number of hydrogen-bond donors (Lipinski definition) is 2. The molecule has 130 valence electrons. The molecule has 0 atom stereocenters. The highest BCUT2D eigenvalue weighted by molar-refractivity contribution is 5.98. The smallest absolute Gasteiger partial charge is 0.303 e. The number of ketones is 1. The normalized spacial score (nSPS) is 12.5. The van der Waals surface area contributed by atoms with Gasteiger partial charge in [-0.05, 0) is 12.1 Å². The topological polar surface area (TPSA) is 115 Å². The largest absolute Gasteiger partial charge is 0.505 e. The van der Waals surface area contributed by atoms with Gasteiger partial charge in [-0.15, -0.1) is 0 Å². The fourth-order valence-electron chi connectivity index (χ4n) is 2.27. The number of carboxylic acid groups (broad SMARTS) is 1. The van der Waals surface area contributed by atoms with Gasteiger partial charge in [-0.3, -0.25) is 9.59 Å². The van der Waals surface area contributed by atoms with Crippen molar-refractivity contribution in [3.8, 4) is 28.7 Å². The molecule has 3 rings (SSSR count). The summed E-state index contributed by atoms with van der Waals surface area (Å²) in [7, 11) is 0. The summed E-state index contributed by atoms with van der Waals surface area (Å²) < 4.78 is 16.5. The quantitative estimate of drug-likeness (QED) is 0.767. The minimum Gasteiger partial charge on any atom is -0.505 e. The van der Waals surface area contributed by atoms with E-state index >= 15 is 0 Å². The van der Waals surface area contributed by atoms with Crippen LogP contribution < -0.4 is 14.2 Å². The molecular weight excluding hydrogens is 330 g/mol. The molecule has 0 spiro atoms. The van der Waals surface area contributed by atoms with Gasteiger partial charge in [-0.1, -0.05) is 0 Å². The van der Waals surface area contributed by atoms with Crippen molar-refractivity contribution < 1.29 is 34.0 Å². The van der Waals surface area contributed by atoms with Gasteiger partial charge in [0.05, 0.1) is 12.6 Å². The highest BCUT2D eigenvalue weighted by Crippen LogP contribution is 2.35. The zero-order chi connectivity index (χ0) is 17.8. The molecule has 0 fully saturated rings. The molecule has 8 nitrogen and oxygen atoms in total. The predicted octanol–water partition coefficient (Wildman–Crippen LogP) is 2.40. The zero-order valence-electron chi connectivity index (χ0n) is 13.1. The Morgan fingerprint density at radius 3 is 2.56 bits per heavy atom. The highest BCUT2D eigenvalue weighted by atomic mass is 16.6. The maximum atomic E-state index is 11.8. The summed E-state index contributed by atoms with van der Waals surface area (Å²) in [6.45, 7) is 0.939. The van der Waals surface area contributed by atoms with Crippen LogP contribution in [0.2, 0.25) is 0 Å². The fourth-order valence-corrected chi connectivity index (χ4v) is 2.27. The molecule has 0 saturated carbocycles. The second-order valence-corrected chi connectivity index (χ2v) is 5.26. The van der Waals surface area contributed by atoms with Gasteiger partial charge in [0.1, 0.15) is 36.2 Å². The maximum absolute atomic E-state index is 11.8. The van der Waals surface area contributed by atoms with Gasteiger partial charge in [0.15, 0.2) is 17.3 Å². The van der Waals surface area contributed by atoms with Crippen molar-refractivity contribution in [3.63, 3.8) is 0 Å². The molecule has 0 saturated heterocycles. The van der Waals surface area contributed by atoms with E-state index in [1.807, 2.05) is 0 Å². The average Bonchev–Trinajstić information content (AvgIpc) is 2.59. The SMILES string of the molecule is O=C(O)CCC(=O)c1ncc(Oc2ccc3c(c2)OCCO3)cc1O.